The summed E-state index contributed by atoms with van der Waals surface area (Å²) >= 11 is 0. The summed E-state index contributed by atoms with van der Waals surface area (Å²) in [5.74, 6) is 0. The van der Waals surface area contributed by atoms with Crippen molar-refractivity contribution in [3.05, 3.63) is 11.3 Å². The van der Waals surface area contributed by atoms with E-state index < -0.39 is 10.0 Å². The third-order valence-electron chi connectivity index (χ3n) is 5.71. The van der Waals surface area contributed by atoms with Crippen molar-refractivity contribution in [2.45, 2.75) is 56.0 Å². The Hall–Kier alpha value is -0.920. The Labute approximate surface area is 138 Å². The van der Waals surface area contributed by atoms with Crippen molar-refractivity contribution < 1.29 is 8.42 Å². The smallest absolute Gasteiger partial charge is 0.260 e. The van der Waals surface area contributed by atoms with Crippen LogP contribution < -0.4 is 0 Å². The minimum absolute atomic E-state index is 0.444. The highest BCUT2D eigenvalue weighted by atomic mass is 32.2. The van der Waals surface area contributed by atoms with Crippen LogP contribution in [-0.4, -0.2) is 59.6 Å². The number of aromatic nitrogens is 2. The van der Waals surface area contributed by atoms with Gasteiger partial charge in [-0.15, -0.1) is 0 Å². The zero-order chi connectivity index (χ0) is 16.0. The first-order valence-electron chi connectivity index (χ1n) is 8.86. The van der Waals surface area contributed by atoms with E-state index in [1.807, 2.05) is 0 Å². The molecule has 2 heterocycles. The summed E-state index contributed by atoms with van der Waals surface area (Å²) in [6.45, 7) is 2.95. The Morgan fingerprint density at radius 3 is 2.39 bits per heavy atom. The molecule has 7 heteroatoms. The molecule has 0 unspecified atom stereocenters. The predicted octanol–water partition coefficient (Wildman–Crippen LogP) is 1.16. The molecule has 0 radical (unpaired) electrons. The Morgan fingerprint density at radius 1 is 1.00 bits per heavy atom. The number of piperazine rings is 1. The Balaban J connectivity index is 1.52. The molecule has 1 saturated carbocycles. The molecule has 2 aliphatic carbocycles. The topological polar surface area (TPSA) is 58.4 Å². The molecule has 4 rings (SSSR count). The molecule has 1 saturated heterocycles. The third-order valence-corrected chi connectivity index (χ3v) is 7.75. The molecule has 0 amide bonds. The first kappa shape index (κ1) is 15.6. The lowest BCUT2D eigenvalue weighted by Crippen LogP contribution is -2.51. The van der Waals surface area contributed by atoms with Crippen LogP contribution in [0.15, 0.2) is 5.03 Å². The lowest BCUT2D eigenvalue weighted by Gasteiger charge is -2.37. The molecule has 2 fully saturated rings. The van der Waals surface area contributed by atoms with E-state index in [2.05, 4.69) is 10.00 Å². The molecule has 0 N–H and O–H groups in total. The fourth-order valence-corrected chi connectivity index (χ4v) is 6.31. The number of aryl methyl sites for hydroxylation is 2. The summed E-state index contributed by atoms with van der Waals surface area (Å²) in [5, 5.41) is 4.87. The maximum absolute atomic E-state index is 13.1. The van der Waals surface area contributed by atoms with Gasteiger partial charge in [-0.25, -0.2) is 8.42 Å². The zero-order valence-electron chi connectivity index (χ0n) is 13.9. The standard InChI is InChI=1S/C16H26N4O2S/c1-18-16(14-7-4-8-15(14)17-18)23(21,22)20-11-9-19(10-12-20)13-5-2-3-6-13/h13H,2-12H2,1H3. The zero-order valence-corrected chi connectivity index (χ0v) is 14.7. The van der Waals surface area contributed by atoms with Crippen molar-refractivity contribution in [2.24, 2.45) is 7.05 Å². The van der Waals surface area contributed by atoms with E-state index in [-0.39, 0.29) is 0 Å². The predicted molar refractivity (Wildman–Crippen MR) is 87.8 cm³/mol. The van der Waals surface area contributed by atoms with Gasteiger partial charge in [0, 0.05) is 44.8 Å². The van der Waals surface area contributed by atoms with Gasteiger partial charge in [-0.05, 0) is 32.1 Å². The van der Waals surface area contributed by atoms with Gasteiger partial charge in [0.25, 0.3) is 10.0 Å². The summed E-state index contributed by atoms with van der Waals surface area (Å²) in [4.78, 5) is 2.49. The number of fused-ring (bicyclic) bond motifs is 1. The lowest BCUT2D eigenvalue weighted by molar-refractivity contribution is 0.138. The van der Waals surface area contributed by atoms with Gasteiger partial charge >= 0.3 is 0 Å². The summed E-state index contributed by atoms with van der Waals surface area (Å²) in [7, 11) is -1.65. The average Bonchev–Trinajstić information content (AvgIpc) is 3.23. The van der Waals surface area contributed by atoms with Crippen LogP contribution in [-0.2, 0) is 29.9 Å². The van der Waals surface area contributed by atoms with Crippen LogP contribution in [0.25, 0.3) is 0 Å². The van der Waals surface area contributed by atoms with Gasteiger partial charge in [0.05, 0.1) is 5.69 Å². The molecule has 3 aliphatic rings. The molecule has 1 aliphatic heterocycles. The summed E-state index contributed by atoms with van der Waals surface area (Å²) in [6, 6.07) is 0.681. The van der Waals surface area contributed by atoms with Crippen LogP contribution in [0.4, 0.5) is 0 Å². The number of hydrogen-bond acceptors (Lipinski definition) is 4. The highest BCUT2D eigenvalue weighted by Crippen LogP contribution is 2.31. The minimum atomic E-state index is -3.41. The van der Waals surface area contributed by atoms with E-state index in [4.69, 9.17) is 0 Å². The molecule has 6 nitrogen and oxygen atoms in total. The van der Waals surface area contributed by atoms with Crippen molar-refractivity contribution in [3.8, 4) is 0 Å². The van der Waals surface area contributed by atoms with E-state index in [1.54, 1.807) is 16.0 Å². The van der Waals surface area contributed by atoms with Crippen LogP contribution in [0.3, 0.4) is 0 Å². The fraction of sp³-hybridized carbons (Fsp3) is 0.812. The van der Waals surface area contributed by atoms with Crippen LogP contribution >= 0.6 is 0 Å². The normalized spacial score (nSPS) is 24.4. The maximum Gasteiger partial charge on any atom is 0.260 e. The van der Waals surface area contributed by atoms with Crippen LogP contribution in [0.2, 0.25) is 0 Å². The van der Waals surface area contributed by atoms with Gasteiger partial charge in [-0.2, -0.15) is 9.40 Å². The van der Waals surface area contributed by atoms with Crippen LogP contribution in [0, 0.1) is 0 Å². The molecule has 0 aromatic carbocycles. The monoisotopic (exact) mass is 338 g/mol. The molecule has 128 valence electrons. The van der Waals surface area contributed by atoms with Crippen molar-refractivity contribution in [1.29, 1.82) is 0 Å². The highest BCUT2D eigenvalue weighted by molar-refractivity contribution is 7.89. The molecule has 0 atom stereocenters. The average molecular weight is 338 g/mol. The molecular formula is C16H26N4O2S. The van der Waals surface area contributed by atoms with E-state index in [1.165, 1.54) is 25.7 Å². The molecule has 1 aromatic rings. The Morgan fingerprint density at radius 2 is 1.70 bits per heavy atom. The Bertz CT molecular complexity index is 683. The Kier molecular flexibility index (Phi) is 3.98. The summed E-state index contributed by atoms with van der Waals surface area (Å²) < 4.78 is 29.5. The van der Waals surface area contributed by atoms with Crippen LogP contribution in [0.1, 0.15) is 43.4 Å². The van der Waals surface area contributed by atoms with Gasteiger partial charge in [0.15, 0.2) is 5.03 Å². The largest absolute Gasteiger partial charge is 0.298 e. The van der Waals surface area contributed by atoms with E-state index in [0.717, 1.165) is 43.6 Å². The van der Waals surface area contributed by atoms with Gasteiger partial charge in [-0.3, -0.25) is 9.58 Å². The lowest BCUT2D eigenvalue weighted by atomic mass is 10.2. The SMILES string of the molecule is Cn1nc2c(c1S(=O)(=O)N1CCN(C3CCCC3)CC1)CCC2. The minimum Gasteiger partial charge on any atom is -0.298 e. The van der Waals surface area contributed by atoms with Crippen molar-refractivity contribution in [1.82, 2.24) is 19.0 Å². The molecular weight excluding hydrogens is 312 g/mol. The van der Waals surface area contributed by atoms with Crippen molar-refractivity contribution in [2.75, 3.05) is 26.2 Å². The van der Waals surface area contributed by atoms with E-state index >= 15 is 0 Å². The van der Waals surface area contributed by atoms with Crippen LogP contribution in [0.5, 0.6) is 0 Å². The second-order valence-electron chi connectivity index (χ2n) is 7.09. The second-order valence-corrected chi connectivity index (χ2v) is 8.94. The van der Waals surface area contributed by atoms with E-state index in [9.17, 15) is 8.42 Å². The first-order chi connectivity index (χ1) is 11.1. The summed E-state index contributed by atoms with van der Waals surface area (Å²) in [5.41, 5.74) is 1.95. The number of hydrogen-bond donors (Lipinski definition) is 0. The number of sulfonamides is 1. The van der Waals surface area contributed by atoms with Gasteiger partial charge in [0.1, 0.15) is 0 Å². The third kappa shape index (κ3) is 2.62. The van der Waals surface area contributed by atoms with Gasteiger partial charge in [0.2, 0.25) is 0 Å². The molecule has 0 bridgehead atoms. The van der Waals surface area contributed by atoms with Gasteiger partial charge in [-0.1, -0.05) is 12.8 Å². The van der Waals surface area contributed by atoms with E-state index in [0.29, 0.717) is 24.2 Å². The highest BCUT2D eigenvalue weighted by Gasteiger charge is 2.36. The first-order valence-corrected chi connectivity index (χ1v) is 10.3. The summed E-state index contributed by atoms with van der Waals surface area (Å²) in [6.07, 6.45) is 7.99. The fourth-order valence-electron chi connectivity index (χ4n) is 4.51. The quantitative estimate of drug-likeness (QED) is 0.830. The molecule has 23 heavy (non-hydrogen) atoms. The van der Waals surface area contributed by atoms with Crippen molar-refractivity contribution >= 4 is 10.0 Å². The van der Waals surface area contributed by atoms with Crippen molar-refractivity contribution in [3.63, 3.8) is 0 Å². The number of rotatable bonds is 3. The molecule has 1 aromatic heterocycles. The maximum atomic E-state index is 13.1. The number of nitrogens with zero attached hydrogens (tertiary/aromatic N) is 4. The van der Waals surface area contributed by atoms with Gasteiger partial charge < -0.3 is 0 Å². The molecule has 0 spiro atoms. The second kappa shape index (κ2) is 5.86.